The Morgan fingerprint density at radius 3 is 2.90 bits per heavy atom. The molecular formula is C15H19Cl2NO2S. The number of thioether (sulfide) groups is 1. The van der Waals surface area contributed by atoms with Crippen molar-refractivity contribution >= 4 is 40.9 Å². The zero-order chi connectivity index (χ0) is 15.2. The second-order valence-corrected chi connectivity index (χ2v) is 6.94. The summed E-state index contributed by atoms with van der Waals surface area (Å²) in [6.45, 7) is 2.24. The monoisotopic (exact) mass is 347 g/mol. The molecule has 1 aromatic rings. The van der Waals surface area contributed by atoms with Crippen molar-refractivity contribution < 1.29 is 9.53 Å². The van der Waals surface area contributed by atoms with Crippen molar-refractivity contribution in [2.24, 2.45) is 0 Å². The fourth-order valence-corrected chi connectivity index (χ4v) is 3.43. The lowest BCUT2D eigenvalue weighted by Gasteiger charge is -2.16. The van der Waals surface area contributed by atoms with Crippen molar-refractivity contribution in [2.45, 2.75) is 43.2 Å². The van der Waals surface area contributed by atoms with Crippen LogP contribution in [0.5, 0.6) is 0 Å². The van der Waals surface area contributed by atoms with Gasteiger partial charge in [0.05, 0.1) is 11.6 Å². The van der Waals surface area contributed by atoms with Gasteiger partial charge in [-0.15, -0.1) is 11.8 Å². The molecule has 3 nitrogen and oxygen atoms in total. The standard InChI is InChI=1S/C15H19Cl2NO2S/c1-2-20-15(19)13(18-11-4-5-11)7-8-21-14-9-10(16)3-6-12(14)17/h3,6,9,11,13,18H,2,4-5,7-8H2,1H3. The average molecular weight is 348 g/mol. The van der Waals surface area contributed by atoms with Crippen molar-refractivity contribution in [3.63, 3.8) is 0 Å². The van der Waals surface area contributed by atoms with Crippen LogP contribution in [0.1, 0.15) is 26.2 Å². The summed E-state index contributed by atoms with van der Waals surface area (Å²) in [6, 6.07) is 5.64. The van der Waals surface area contributed by atoms with Gasteiger partial charge in [-0.25, -0.2) is 0 Å². The number of hydrogen-bond acceptors (Lipinski definition) is 4. The fourth-order valence-electron chi connectivity index (χ4n) is 1.92. The number of ether oxygens (including phenoxy) is 1. The number of carbonyl (C=O) groups is 1. The van der Waals surface area contributed by atoms with E-state index in [2.05, 4.69) is 5.32 Å². The molecule has 1 unspecified atom stereocenters. The van der Waals surface area contributed by atoms with Crippen molar-refractivity contribution in [2.75, 3.05) is 12.4 Å². The lowest BCUT2D eigenvalue weighted by atomic mass is 10.2. The molecule has 1 aliphatic rings. The van der Waals surface area contributed by atoms with Gasteiger partial charge in [0.15, 0.2) is 0 Å². The summed E-state index contributed by atoms with van der Waals surface area (Å²) >= 11 is 13.7. The second-order valence-electron chi connectivity index (χ2n) is 4.96. The molecule has 0 aromatic heterocycles. The minimum atomic E-state index is -0.233. The first-order valence-corrected chi connectivity index (χ1v) is 8.85. The Labute approximate surface area is 139 Å². The number of esters is 1. The largest absolute Gasteiger partial charge is 0.465 e. The number of benzene rings is 1. The topological polar surface area (TPSA) is 38.3 Å². The van der Waals surface area contributed by atoms with Gasteiger partial charge in [0.1, 0.15) is 6.04 Å². The first kappa shape index (κ1) is 16.9. The van der Waals surface area contributed by atoms with E-state index >= 15 is 0 Å². The third-order valence-electron chi connectivity index (χ3n) is 3.14. The molecule has 0 amide bonds. The molecule has 1 aromatic carbocycles. The number of rotatable bonds is 8. The third kappa shape index (κ3) is 5.70. The molecule has 2 rings (SSSR count). The smallest absolute Gasteiger partial charge is 0.323 e. The Balaban J connectivity index is 1.85. The number of carbonyl (C=O) groups excluding carboxylic acids is 1. The van der Waals surface area contributed by atoms with Gasteiger partial charge in [-0.3, -0.25) is 4.79 Å². The maximum absolute atomic E-state index is 11.9. The predicted molar refractivity (Wildman–Crippen MR) is 88.4 cm³/mol. The van der Waals surface area contributed by atoms with Crippen molar-refractivity contribution in [1.82, 2.24) is 5.32 Å². The number of halogens is 2. The van der Waals surface area contributed by atoms with Crippen LogP contribution in [0.15, 0.2) is 23.1 Å². The van der Waals surface area contributed by atoms with Gasteiger partial charge >= 0.3 is 5.97 Å². The Morgan fingerprint density at radius 1 is 1.48 bits per heavy atom. The van der Waals surface area contributed by atoms with Gasteiger partial charge in [-0.05, 0) is 44.4 Å². The Morgan fingerprint density at radius 2 is 2.24 bits per heavy atom. The maximum Gasteiger partial charge on any atom is 0.323 e. The van der Waals surface area contributed by atoms with E-state index in [1.54, 1.807) is 23.9 Å². The summed E-state index contributed by atoms with van der Waals surface area (Å²) < 4.78 is 5.12. The maximum atomic E-state index is 11.9. The number of hydrogen-bond donors (Lipinski definition) is 1. The van der Waals surface area contributed by atoms with Crippen LogP contribution < -0.4 is 5.32 Å². The minimum absolute atomic E-state index is 0.165. The lowest BCUT2D eigenvalue weighted by Crippen LogP contribution is -2.39. The van der Waals surface area contributed by atoms with Crippen LogP contribution in [-0.2, 0) is 9.53 Å². The molecule has 0 heterocycles. The highest BCUT2D eigenvalue weighted by atomic mass is 35.5. The quantitative estimate of drug-likeness (QED) is 0.566. The summed E-state index contributed by atoms with van der Waals surface area (Å²) in [5, 5.41) is 4.69. The third-order valence-corrected chi connectivity index (χ3v) is 4.91. The highest BCUT2D eigenvalue weighted by Gasteiger charge is 2.28. The minimum Gasteiger partial charge on any atom is -0.465 e. The van der Waals surface area contributed by atoms with E-state index in [0.717, 1.165) is 23.5 Å². The van der Waals surface area contributed by atoms with Crippen LogP contribution in [0.3, 0.4) is 0 Å². The summed E-state index contributed by atoms with van der Waals surface area (Å²) in [6.07, 6.45) is 3.00. The van der Waals surface area contributed by atoms with Gasteiger partial charge < -0.3 is 10.1 Å². The van der Waals surface area contributed by atoms with E-state index in [9.17, 15) is 4.79 Å². The van der Waals surface area contributed by atoms with Crippen LogP contribution in [0.2, 0.25) is 10.0 Å². The molecule has 1 atom stereocenters. The summed E-state index contributed by atoms with van der Waals surface area (Å²) in [5.41, 5.74) is 0. The summed E-state index contributed by atoms with van der Waals surface area (Å²) in [7, 11) is 0. The molecule has 0 bridgehead atoms. The normalized spacial score (nSPS) is 15.8. The molecule has 6 heteroatoms. The van der Waals surface area contributed by atoms with E-state index in [4.69, 9.17) is 27.9 Å². The molecule has 0 spiro atoms. The molecule has 0 aliphatic heterocycles. The van der Waals surface area contributed by atoms with Gasteiger partial charge in [0, 0.05) is 21.7 Å². The van der Waals surface area contributed by atoms with E-state index < -0.39 is 0 Å². The molecule has 21 heavy (non-hydrogen) atoms. The molecule has 1 N–H and O–H groups in total. The zero-order valence-electron chi connectivity index (χ0n) is 11.9. The molecule has 1 fully saturated rings. The molecule has 0 saturated heterocycles. The van der Waals surface area contributed by atoms with Crippen molar-refractivity contribution in [3.8, 4) is 0 Å². The van der Waals surface area contributed by atoms with Crippen molar-refractivity contribution in [1.29, 1.82) is 0 Å². The van der Waals surface area contributed by atoms with E-state index in [0.29, 0.717) is 29.1 Å². The summed E-state index contributed by atoms with van der Waals surface area (Å²) in [4.78, 5) is 12.9. The molecule has 1 saturated carbocycles. The van der Waals surface area contributed by atoms with Gasteiger partial charge in [0.2, 0.25) is 0 Å². The van der Waals surface area contributed by atoms with Crippen LogP contribution in [-0.4, -0.2) is 30.4 Å². The van der Waals surface area contributed by atoms with Crippen LogP contribution in [0.25, 0.3) is 0 Å². The lowest BCUT2D eigenvalue weighted by molar-refractivity contribution is -0.145. The first-order valence-electron chi connectivity index (χ1n) is 7.10. The average Bonchev–Trinajstić information content (AvgIpc) is 3.26. The molecule has 1 aliphatic carbocycles. The highest BCUT2D eigenvalue weighted by Crippen LogP contribution is 2.30. The summed E-state index contributed by atoms with van der Waals surface area (Å²) in [5.74, 6) is 0.616. The predicted octanol–water partition coefficient (Wildman–Crippen LogP) is 4.16. The van der Waals surface area contributed by atoms with Crippen molar-refractivity contribution in [3.05, 3.63) is 28.2 Å². The van der Waals surface area contributed by atoms with E-state index in [1.807, 2.05) is 13.0 Å². The van der Waals surface area contributed by atoms with E-state index in [1.165, 1.54) is 0 Å². The first-order chi connectivity index (χ1) is 10.1. The van der Waals surface area contributed by atoms with Gasteiger partial charge in [-0.2, -0.15) is 0 Å². The Kier molecular flexibility index (Phi) is 6.68. The highest BCUT2D eigenvalue weighted by molar-refractivity contribution is 7.99. The molecule has 0 radical (unpaired) electrons. The Hall–Kier alpha value is -0.420. The van der Waals surface area contributed by atoms with Crippen LogP contribution in [0, 0.1) is 0 Å². The second kappa shape index (κ2) is 8.28. The number of nitrogens with one attached hydrogen (secondary N) is 1. The Bertz CT molecular complexity index is 495. The SMILES string of the molecule is CCOC(=O)C(CCSc1cc(Cl)ccc1Cl)NC1CC1. The van der Waals surface area contributed by atoms with E-state index in [-0.39, 0.29) is 12.0 Å². The molecular weight excluding hydrogens is 329 g/mol. The van der Waals surface area contributed by atoms with Gasteiger partial charge in [-0.1, -0.05) is 23.2 Å². The van der Waals surface area contributed by atoms with Gasteiger partial charge in [0.25, 0.3) is 0 Å². The zero-order valence-corrected chi connectivity index (χ0v) is 14.2. The van der Waals surface area contributed by atoms with Crippen LogP contribution in [0.4, 0.5) is 0 Å². The fraction of sp³-hybridized carbons (Fsp3) is 0.533. The molecule has 116 valence electrons. The van der Waals surface area contributed by atoms with Crippen LogP contribution >= 0.6 is 35.0 Å².